The number of hydrogen-bond acceptors (Lipinski definition) is 1. The Kier molecular flexibility index (Phi) is 2.01. The lowest BCUT2D eigenvalue weighted by atomic mass is 10.1. The SMILES string of the molecule is C=C1CCC(C)C(=C)S1. The zero-order valence-corrected chi connectivity index (χ0v) is 6.63. The highest BCUT2D eigenvalue weighted by molar-refractivity contribution is 8.06. The quantitative estimate of drug-likeness (QED) is 0.498. The van der Waals surface area contributed by atoms with Gasteiger partial charge in [0.05, 0.1) is 0 Å². The van der Waals surface area contributed by atoms with Crippen LogP contribution in [0.5, 0.6) is 0 Å². The van der Waals surface area contributed by atoms with E-state index in [1.807, 2.05) is 0 Å². The monoisotopic (exact) mass is 140 g/mol. The number of allylic oxidation sites excluding steroid dienone is 2. The Morgan fingerprint density at radius 2 is 2.22 bits per heavy atom. The molecule has 1 unspecified atom stereocenters. The van der Waals surface area contributed by atoms with Crippen LogP contribution in [-0.4, -0.2) is 0 Å². The molecule has 1 heterocycles. The summed E-state index contributed by atoms with van der Waals surface area (Å²) >= 11 is 1.76. The van der Waals surface area contributed by atoms with E-state index < -0.39 is 0 Å². The van der Waals surface area contributed by atoms with Crippen molar-refractivity contribution >= 4 is 11.8 Å². The minimum atomic E-state index is 0.695. The number of rotatable bonds is 0. The lowest BCUT2D eigenvalue weighted by Gasteiger charge is -2.20. The van der Waals surface area contributed by atoms with Gasteiger partial charge in [-0.15, -0.1) is 0 Å². The first kappa shape index (κ1) is 6.94. The average Bonchev–Trinajstić information content (AvgIpc) is 1.80. The van der Waals surface area contributed by atoms with Gasteiger partial charge in [-0.2, -0.15) is 0 Å². The molecule has 1 rings (SSSR count). The Labute approximate surface area is 61.0 Å². The highest BCUT2D eigenvalue weighted by Gasteiger charge is 2.14. The molecule has 0 saturated carbocycles. The van der Waals surface area contributed by atoms with Crippen molar-refractivity contribution in [2.45, 2.75) is 19.8 Å². The van der Waals surface area contributed by atoms with E-state index in [1.54, 1.807) is 11.8 Å². The van der Waals surface area contributed by atoms with Crippen molar-refractivity contribution in [3.05, 3.63) is 23.0 Å². The van der Waals surface area contributed by atoms with Crippen LogP contribution in [0.2, 0.25) is 0 Å². The molecule has 1 fully saturated rings. The van der Waals surface area contributed by atoms with Gasteiger partial charge in [-0.05, 0) is 28.6 Å². The first-order chi connectivity index (χ1) is 4.20. The third-order valence-electron chi connectivity index (χ3n) is 1.68. The van der Waals surface area contributed by atoms with Crippen molar-refractivity contribution in [1.29, 1.82) is 0 Å². The second-order valence-electron chi connectivity index (χ2n) is 2.55. The first-order valence-corrected chi connectivity index (χ1v) is 4.06. The van der Waals surface area contributed by atoms with Crippen LogP contribution < -0.4 is 0 Å². The van der Waals surface area contributed by atoms with E-state index in [4.69, 9.17) is 0 Å². The van der Waals surface area contributed by atoms with Crippen LogP contribution in [0.3, 0.4) is 0 Å². The van der Waals surface area contributed by atoms with Crippen LogP contribution in [0.25, 0.3) is 0 Å². The van der Waals surface area contributed by atoms with E-state index in [0.717, 1.165) is 0 Å². The Morgan fingerprint density at radius 1 is 1.56 bits per heavy atom. The first-order valence-electron chi connectivity index (χ1n) is 3.24. The molecule has 1 aliphatic rings. The molecule has 0 nitrogen and oxygen atoms in total. The zero-order valence-electron chi connectivity index (χ0n) is 5.81. The van der Waals surface area contributed by atoms with Crippen LogP contribution in [0.1, 0.15) is 19.8 Å². The normalized spacial score (nSPS) is 28.8. The van der Waals surface area contributed by atoms with Gasteiger partial charge in [0.2, 0.25) is 0 Å². The lowest BCUT2D eigenvalue weighted by molar-refractivity contribution is 0.638. The van der Waals surface area contributed by atoms with Crippen molar-refractivity contribution in [3.8, 4) is 0 Å². The van der Waals surface area contributed by atoms with Crippen molar-refractivity contribution in [2.75, 3.05) is 0 Å². The fourth-order valence-electron chi connectivity index (χ4n) is 0.876. The molecule has 1 aliphatic heterocycles. The highest BCUT2D eigenvalue weighted by Crippen LogP contribution is 2.39. The van der Waals surface area contributed by atoms with E-state index in [-0.39, 0.29) is 0 Å². The number of thioether (sulfide) groups is 1. The maximum absolute atomic E-state index is 3.95. The summed E-state index contributed by atoms with van der Waals surface area (Å²) in [5, 5.41) is 0. The molecule has 1 atom stereocenters. The van der Waals surface area contributed by atoms with Gasteiger partial charge >= 0.3 is 0 Å². The van der Waals surface area contributed by atoms with Gasteiger partial charge in [0.1, 0.15) is 0 Å². The molecule has 0 amide bonds. The summed E-state index contributed by atoms with van der Waals surface area (Å²) in [6, 6.07) is 0. The fraction of sp³-hybridized carbons (Fsp3) is 0.500. The third kappa shape index (κ3) is 1.62. The number of hydrogen-bond donors (Lipinski definition) is 0. The van der Waals surface area contributed by atoms with Gasteiger partial charge in [0, 0.05) is 0 Å². The van der Waals surface area contributed by atoms with Crippen molar-refractivity contribution < 1.29 is 0 Å². The zero-order chi connectivity index (χ0) is 6.85. The lowest BCUT2D eigenvalue weighted by Crippen LogP contribution is -2.01. The molecule has 0 bridgehead atoms. The Morgan fingerprint density at radius 3 is 2.67 bits per heavy atom. The summed E-state index contributed by atoms with van der Waals surface area (Å²) < 4.78 is 0. The minimum Gasteiger partial charge on any atom is -0.1000 e. The van der Waals surface area contributed by atoms with Gasteiger partial charge < -0.3 is 0 Å². The maximum atomic E-state index is 3.95. The van der Waals surface area contributed by atoms with E-state index in [1.165, 1.54) is 22.7 Å². The Bertz CT molecular complexity index is 147. The summed E-state index contributed by atoms with van der Waals surface area (Å²) in [6.07, 6.45) is 2.41. The molecule has 0 aromatic rings. The summed E-state index contributed by atoms with van der Waals surface area (Å²) in [5.41, 5.74) is 0. The predicted molar refractivity (Wildman–Crippen MR) is 44.3 cm³/mol. The third-order valence-corrected chi connectivity index (χ3v) is 2.84. The highest BCUT2D eigenvalue weighted by atomic mass is 32.2. The van der Waals surface area contributed by atoms with Gasteiger partial charge in [-0.25, -0.2) is 0 Å². The van der Waals surface area contributed by atoms with Crippen molar-refractivity contribution in [3.63, 3.8) is 0 Å². The molecule has 1 saturated heterocycles. The van der Waals surface area contributed by atoms with Gasteiger partial charge in [-0.3, -0.25) is 0 Å². The molecule has 1 heteroatoms. The summed E-state index contributed by atoms with van der Waals surface area (Å²) in [7, 11) is 0. The second kappa shape index (κ2) is 2.61. The minimum absolute atomic E-state index is 0.695. The summed E-state index contributed by atoms with van der Waals surface area (Å²) in [6.45, 7) is 10.1. The van der Waals surface area contributed by atoms with Crippen molar-refractivity contribution in [1.82, 2.24) is 0 Å². The summed E-state index contributed by atoms with van der Waals surface area (Å²) in [4.78, 5) is 2.56. The van der Waals surface area contributed by atoms with Gasteiger partial charge in [0.15, 0.2) is 0 Å². The smallest absolute Gasteiger partial charge is 0.0129 e. The molecule has 0 aromatic heterocycles. The van der Waals surface area contributed by atoms with Crippen LogP contribution in [0.4, 0.5) is 0 Å². The van der Waals surface area contributed by atoms with Crippen LogP contribution in [0.15, 0.2) is 23.0 Å². The fourth-order valence-corrected chi connectivity index (χ4v) is 1.79. The topological polar surface area (TPSA) is 0 Å². The van der Waals surface area contributed by atoms with Crippen LogP contribution >= 0.6 is 11.8 Å². The molecule has 0 spiro atoms. The molecular formula is C8H12S. The van der Waals surface area contributed by atoms with E-state index in [0.29, 0.717) is 5.92 Å². The second-order valence-corrected chi connectivity index (χ2v) is 3.85. The molecule has 0 radical (unpaired) electrons. The molecular weight excluding hydrogens is 128 g/mol. The largest absolute Gasteiger partial charge is 0.1000 e. The Hall–Kier alpha value is -0.170. The molecule has 50 valence electrons. The molecule has 0 N–H and O–H groups in total. The molecule has 0 aromatic carbocycles. The van der Waals surface area contributed by atoms with E-state index >= 15 is 0 Å². The maximum Gasteiger partial charge on any atom is -0.0129 e. The molecule has 0 aliphatic carbocycles. The average molecular weight is 140 g/mol. The summed E-state index contributed by atoms with van der Waals surface area (Å²) in [5.74, 6) is 0.695. The van der Waals surface area contributed by atoms with Gasteiger partial charge in [0.25, 0.3) is 0 Å². The standard InChI is InChI=1S/C8H12S/c1-6-4-5-7(2)9-8(6)3/h6H,2-5H2,1H3. The van der Waals surface area contributed by atoms with E-state index in [9.17, 15) is 0 Å². The van der Waals surface area contributed by atoms with Crippen LogP contribution in [-0.2, 0) is 0 Å². The van der Waals surface area contributed by atoms with E-state index in [2.05, 4.69) is 20.1 Å². The van der Waals surface area contributed by atoms with Crippen molar-refractivity contribution in [2.24, 2.45) is 5.92 Å². The van der Waals surface area contributed by atoms with Gasteiger partial charge in [-0.1, -0.05) is 31.8 Å². The predicted octanol–water partition coefficient (Wildman–Crippen LogP) is 3.18. The Balaban J connectivity index is 2.54. The molecule has 9 heavy (non-hydrogen) atoms. The van der Waals surface area contributed by atoms with Crippen LogP contribution in [0, 0.1) is 5.92 Å².